The molecule has 2 aliphatic carbocycles. The van der Waals surface area contributed by atoms with Crippen LogP contribution in [0.2, 0.25) is 0 Å². The normalized spacial score (nSPS) is 18.7. The first-order valence-corrected chi connectivity index (χ1v) is 17.6. The van der Waals surface area contributed by atoms with Crippen molar-refractivity contribution in [2.24, 2.45) is 12.5 Å². The first-order chi connectivity index (χ1) is 22.5. The molecule has 242 valence electrons. The zero-order valence-electron chi connectivity index (χ0n) is 30.9. The van der Waals surface area contributed by atoms with Gasteiger partial charge in [-0.05, 0) is 100 Å². The summed E-state index contributed by atoms with van der Waals surface area (Å²) in [5.41, 5.74) is 12.7. The summed E-state index contributed by atoms with van der Waals surface area (Å²) in [4.78, 5) is 0. The Labute approximate surface area is 283 Å². The van der Waals surface area contributed by atoms with Crippen LogP contribution in [-0.4, -0.2) is 0 Å². The molecule has 5 aromatic rings. The lowest BCUT2D eigenvalue weighted by Crippen LogP contribution is -2.31. The van der Waals surface area contributed by atoms with E-state index in [2.05, 4.69) is 122 Å². The summed E-state index contributed by atoms with van der Waals surface area (Å²) in [5.74, 6) is -0.564. The van der Waals surface area contributed by atoms with Crippen molar-refractivity contribution in [2.75, 3.05) is 0 Å². The van der Waals surface area contributed by atoms with Crippen molar-refractivity contribution in [1.29, 1.82) is 5.26 Å². The van der Waals surface area contributed by atoms with Gasteiger partial charge >= 0.3 is 0 Å². The Morgan fingerprint density at radius 3 is 2.23 bits per heavy atom. The summed E-state index contributed by atoms with van der Waals surface area (Å²) in [5, 5.41) is 12.7. The fourth-order valence-corrected chi connectivity index (χ4v) is 9.31. The molecule has 0 atom stereocenters. The van der Waals surface area contributed by atoms with Gasteiger partial charge in [0.05, 0.1) is 17.2 Å². The van der Waals surface area contributed by atoms with Crippen LogP contribution in [0.3, 0.4) is 0 Å². The highest BCUT2D eigenvalue weighted by molar-refractivity contribution is 6.14. The van der Waals surface area contributed by atoms with E-state index in [1.807, 2.05) is 6.07 Å². The third kappa shape index (κ3) is 5.29. The van der Waals surface area contributed by atoms with E-state index in [0.29, 0.717) is 5.56 Å². The van der Waals surface area contributed by atoms with Gasteiger partial charge < -0.3 is 4.42 Å². The van der Waals surface area contributed by atoms with Crippen LogP contribution in [0.4, 0.5) is 0 Å². The van der Waals surface area contributed by atoms with Crippen molar-refractivity contribution in [2.45, 2.75) is 117 Å². The number of fused-ring (bicyclic) bond motifs is 4. The zero-order valence-corrected chi connectivity index (χ0v) is 29.9. The number of furan rings is 1. The predicted molar refractivity (Wildman–Crippen MR) is 195 cm³/mol. The summed E-state index contributed by atoms with van der Waals surface area (Å²) in [6.07, 6.45) is 9.41. The van der Waals surface area contributed by atoms with Crippen molar-refractivity contribution in [3.05, 3.63) is 88.1 Å². The fourth-order valence-electron chi connectivity index (χ4n) is 9.31. The number of benzene rings is 3. The van der Waals surface area contributed by atoms with E-state index in [-0.39, 0.29) is 16.2 Å². The molecule has 0 N–H and O–H groups in total. The van der Waals surface area contributed by atoms with Gasteiger partial charge in [0.1, 0.15) is 18.2 Å². The maximum absolute atomic E-state index is 10.6. The Morgan fingerprint density at radius 1 is 0.894 bits per heavy atom. The second-order valence-electron chi connectivity index (χ2n) is 17.0. The molecule has 7 rings (SSSR count). The van der Waals surface area contributed by atoms with Gasteiger partial charge in [0.15, 0.2) is 6.20 Å². The average molecular weight is 625 g/mol. The minimum absolute atomic E-state index is 0.0820. The molecule has 0 bridgehead atoms. The second kappa shape index (κ2) is 11.1. The van der Waals surface area contributed by atoms with Crippen molar-refractivity contribution < 1.29 is 10.4 Å². The predicted octanol–water partition coefficient (Wildman–Crippen LogP) is 11.5. The summed E-state index contributed by atoms with van der Waals surface area (Å²) < 4.78 is 19.0. The number of hydrogen-bond donors (Lipinski definition) is 0. The van der Waals surface area contributed by atoms with Crippen molar-refractivity contribution in [1.82, 2.24) is 0 Å². The number of nitriles is 1. The highest BCUT2D eigenvalue weighted by Gasteiger charge is 2.46. The second-order valence-corrected chi connectivity index (χ2v) is 17.0. The van der Waals surface area contributed by atoms with Gasteiger partial charge in [0, 0.05) is 29.8 Å². The molecular weight excluding hydrogens is 572 g/mol. The van der Waals surface area contributed by atoms with Gasteiger partial charge in [-0.2, -0.15) is 5.26 Å². The summed E-state index contributed by atoms with van der Waals surface area (Å²) in [7, 11) is 2.11. The minimum atomic E-state index is -0.564. The number of rotatable bonds is 4. The van der Waals surface area contributed by atoms with E-state index in [9.17, 15) is 6.63 Å². The maximum atomic E-state index is 10.6. The molecule has 2 heterocycles. The molecule has 0 unspecified atom stereocenters. The summed E-state index contributed by atoms with van der Waals surface area (Å²) in [6, 6.07) is 20.0. The number of aryl methyl sites for hydroxylation is 2. The topological polar surface area (TPSA) is 40.8 Å². The molecule has 3 aromatic carbocycles. The van der Waals surface area contributed by atoms with Crippen LogP contribution in [0.1, 0.15) is 128 Å². The number of aromatic nitrogens is 1. The minimum Gasteiger partial charge on any atom is -0.454 e. The standard InChI is InChI=1S/C44H51N2O/c1-27-15-17-32-33-18-16-30(25-45)37(41(33)47-40(32)36(27)35-23-28(21-22-46(35)9)24-42(2,3)4)34-20-19-31(29-13-11-10-12-14-29)38-39(34)44(7,8)26-43(38,5)6/h15-23,29H,10-14,24,26H2,1-9H3/q+1/i29D. The molecule has 0 amide bonds. The van der Waals surface area contributed by atoms with Crippen LogP contribution in [-0.2, 0) is 24.3 Å². The van der Waals surface area contributed by atoms with Crippen LogP contribution in [0, 0.1) is 23.7 Å². The van der Waals surface area contributed by atoms with Gasteiger partial charge in [0.25, 0.3) is 0 Å². The molecule has 3 heteroatoms. The van der Waals surface area contributed by atoms with E-state index in [4.69, 9.17) is 4.42 Å². The molecule has 47 heavy (non-hydrogen) atoms. The van der Waals surface area contributed by atoms with Crippen LogP contribution in [0.15, 0.2) is 59.1 Å². The molecule has 3 nitrogen and oxygen atoms in total. The Morgan fingerprint density at radius 2 is 1.55 bits per heavy atom. The summed E-state index contributed by atoms with van der Waals surface area (Å²) in [6.45, 7) is 18.4. The maximum Gasteiger partial charge on any atom is 0.216 e. The van der Waals surface area contributed by atoms with Crippen LogP contribution in [0.25, 0.3) is 44.3 Å². The molecule has 0 radical (unpaired) electrons. The van der Waals surface area contributed by atoms with Crippen molar-refractivity contribution >= 4 is 21.9 Å². The van der Waals surface area contributed by atoms with Gasteiger partial charge in [-0.15, -0.1) is 0 Å². The first-order valence-electron chi connectivity index (χ1n) is 18.1. The molecule has 1 saturated carbocycles. The molecule has 0 aliphatic heterocycles. The van der Waals surface area contributed by atoms with Crippen molar-refractivity contribution in [3.63, 3.8) is 0 Å². The van der Waals surface area contributed by atoms with Gasteiger partial charge in [0.2, 0.25) is 5.69 Å². The molecule has 0 spiro atoms. The van der Waals surface area contributed by atoms with Crippen LogP contribution in [0.5, 0.6) is 0 Å². The third-order valence-corrected chi connectivity index (χ3v) is 10.9. The molecule has 2 aliphatic rings. The van der Waals surface area contributed by atoms with E-state index in [1.165, 1.54) is 28.7 Å². The number of nitrogens with zero attached hydrogens (tertiary/aromatic N) is 2. The fraction of sp³-hybridized carbons (Fsp3) is 0.455. The largest absolute Gasteiger partial charge is 0.454 e. The van der Waals surface area contributed by atoms with Gasteiger partial charge in [-0.3, -0.25) is 0 Å². The van der Waals surface area contributed by atoms with Crippen LogP contribution >= 0.6 is 0 Å². The lowest BCUT2D eigenvalue weighted by atomic mass is 9.74. The smallest absolute Gasteiger partial charge is 0.216 e. The van der Waals surface area contributed by atoms with Crippen LogP contribution < -0.4 is 4.57 Å². The molecular formula is C44H51N2O+. The third-order valence-electron chi connectivity index (χ3n) is 10.9. The van der Waals surface area contributed by atoms with E-state index in [1.54, 1.807) is 0 Å². The monoisotopic (exact) mass is 624 g/mol. The summed E-state index contributed by atoms with van der Waals surface area (Å²) >= 11 is 0. The molecule has 0 saturated heterocycles. The molecule has 1 fully saturated rings. The highest BCUT2D eigenvalue weighted by Crippen LogP contribution is 2.57. The van der Waals surface area contributed by atoms with Gasteiger partial charge in [-0.1, -0.05) is 92.0 Å². The highest BCUT2D eigenvalue weighted by atomic mass is 16.3. The van der Waals surface area contributed by atoms with Crippen molar-refractivity contribution in [3.8, 4) is 28.5 Å². The van der Waals surface area contributed by atoms with Gasteiger partial charge in [-0.25, -0.2) is 4.57 Å². The first kappa shape index (κ1) is 30.4. The van der Waals surface area contributed by atoms with E-state index < -0.39 is 5.89 Å². The zero-order chi connectivity index (χ0) is 34.4. The SMILES string of the molecule is [2H]C1(c2ccc(-c3c(C#N)ccc4c3oc3c(-c5cc(CC(C)(C)C)cc[n+]5C)c(C)ccc34)c3c2C(C)(C)CC3(C)C)CCCCC1. The lowest BCUT2D eigenvalue weighted by molar-refractivity contribution is -0.660. The number of hydrogen-bond acceptors (Lipinski definition) is 2. The van der Waals surface area contributed by atoms with E-state index in [0.717, 1.165) is 88.4 Å². The Balaban J connectivity index is 1.53. The molecule has 2 aromatic heterocycles. The average Bonchev–Trinajstić information content (AvgIpc) is 3.47. The lowest BCUT2D eigenvalue weighted by Gasteiger charge is -2.30. The van der Waals surface area contributed by atoms with E-state index >= 15 is 0 Å². The quantitative estimate of drug-likeness (QED) is 0.187. The Hall–Kier alpha value is -3.90. The Kier molecular flexibility index (Phi) is 7.18. The Bertz CT molecular complexity index is 2140. The number of pyridine rings is 1.